The molecule has 3 radical (unpaired) electrons. The molecule has 0 atom stereocenters. The van der Waals surface area contributed by atoms with E-state index in [1.165, 1.54) is 12.8 Å². The minimum Gasteiger partial charge on any atom is -0.386 e. The van der Waals surface area contributed by atoms with Crippen LogP contribution in [0.5, 0.6) is 0 Å². The van der Waals surface area contributed by atoms with Crippen molar-refractivity contribution in [3.8, 4) is 0 Å². The van der Waals surface area contributed by atoms with E-state index < -0.39 is 0 Å². The predicted octanol–water partition coefficient (Wildman–Crippen LogP) is 6.62. The van der Waals surface area contributed by atoms with Crippen LogP contribution >= 0.6 is 0 Å². The van der Waals surface area contributed by atoms with E-state index in [-0.39, 0.29) is 143 Å². The molecule has 0 aliphatic rings. The van der Waals surface area contributed by atoms with Crippen LogP contribution < -0.4 is 0 Å². The van der Waals surface area contributed by atoms with Crippen LogP contribution in [0.2, 0.25) is 0 Å². The van der Waals surface area contributed by atoms with Crippen LogP contribution in [-0.4, -0.2) is 0 Å². The Labute approximate surface area is 192 Å². The van der Waals surface area contributed by atoms with Crippen molar-refractivity contribution >= 4 is 0 Å². The van der Waals surface area contributed by atoms with Crippen molar-refractivity contribution in [1.29, 1.82) is 0 Å². The van der Waals surface area contributed by atoms with Crippen molar-refractivity contribution in [3.05, 3.63) is 19.3 Å². The van der Waals surface area contributed by atoms with E-state index in [1.807, 2.05) is 0 Å². The van der Waals surface area contributed by atoms with Crippen LogP contribution in [0.15, 0.2) is 0 Å². The molecule has 0 N–H and O–H groups in total. The summed E-state index contributed by atoms with van der Waals surface area (Å²) in [5.41, 5.74) is 0. The summed E-state index contributed by atoms with van der Waals surface area (Å²) in [6.45, 7) is 4.26. The third kappa shape index (κ3) is 83.8. The molecule has 0 rings (SSSR count). The van der Waals surface area contributed by atoms with Crippen molar-refractivity contribution < 1.29 is 98.1 Å². The van der Waals surface area contributed by atoms with E-state index in [0.717, 1.165) is 6.42 Å². The summed E-state index contributed by atoms with van der Waals surface area (Å²) in [5, 5.41) is 0. The molecule has 3 heteroatoms. The second kappa shape index (κ2) is 74.7. The van der Waals surface area contributed by atoms with Gasteiger partial charge < -0.3 is 32.1 Å². The Morgan fingerprint density at radius 1 is 0.647 bits per heavy atom. The van der Waals surface area contributed by atoms with Gasteiger partial charge in [-0.15, -0.1) is 0 Å². The van der Waals surface area contributed by atoms with E-state index in [0.29, 0.717) is 0 Å². The van der Waals surface area contributed by atoms with Gasteiger partial charge in [0.15, 0.2) is 0 Å². The molecule has 0 spiro atoms. The van der Waals surface area contributed by atoms with Crippen LogP contribution in [0.1, 0.15) is 77.7 Å². The quantitative estimate of drug-likeness (QED) is 0.311. The average Bonchev–Trinajstić information content (AvgIpc) is 1.81. The van der Waals surface area contributed by atoms with Crippen LogP contribution in [-0.2, 0) is 98.1 Å². The summed E-state index contributed by atoms with van der Waals surface area (Å²) >= 11 is 0. The minimum absolute atomic E-state index is 0. The van der Waals surface area contributed by atoms with Gasteiger partial charge in [0, 0.05) is 98.1 Å². The molecule has 0 unspecified atom stereocenters. The number of hydrogen-bond acceptors (Lipinski definition) is 0. The van der Waals surface area contributed by atoms with Crippen LogP contribution in [0.3, 0.4) is 0 Å². The maximum absolute atomic E-state index is 2.28. The normalized spacial score (nSPS) is 4.59. The number of rotatable bonds is 5. The zero-order valence-corrected chi connectivity index (χ0v) is 16.1. The molecule has 0 nitrogen and oxygen atoms in total. The van der Waals surface area contributed by atoms with Gasteiger partial charge >= 0.3 is 0 Å². The molecular formula is C14H39Y3-3. The summed E-state index contributed by atoms with van der Waals surface area (Å²) in [6.07, 6.45) is 10.2. The van der Waals surface area contributed by atoms with Gasteiger partial charge in [0.25, 0.3) is 0 Å². The first-order valence-corrected chi connectivity index (χ1v) is 3.33. The molecule has 0 fully saturated rings. The molecule has 107 valence electrons. The van der Waals surface area contributed by atoms with E-state index in [2.05, 4.69) is 33.1 Å². The molecule has 17 heavy (non-hydrogen) atoms. The van der Waals surface area contributed by atoms with Gasteiger partial charge in [-0.25, -0.2) is 0 Å². The fraction of sp³-hybridized carbons (Fsp3) is 0.786. The Morgan fingerprint density at radius 2 is 1.00 bits per heavy atom. The third-order valence-electron chi connectivity index (χ3n) is 1.02. The van der Waals surface area contributed by atoms with Crippen molar-refractivity contribution in [2.75, 3.05) is 0 Å². The molecule has 0 amide bonds. The van der Waals surface area contributed by atoms with Crippen LogP contribution in [0.4, 0.5) is 0 Å². The van der Waals surface area contributed by atoms with E-state index >= 15 is 0 Å². The summed E-state index contributed by atoms with van der Waals surface area (Å²) in [6, 6.07) is 0. The van der Waals surface area contributed by atoms with Crippen molar-refractivity contribution in [2.24, 2.45) is 0 Å². The molecule has 0 aromatic heterocycles. The molecule has 0 aromatic rings. The van der Waals surface area contributed by atoms with Gasteiger partial charge in [0.2, 0.25) is 0 Å². The van der Waals surface area contributed by atoms with E-state index in [1.54, 1.807) is 0 Å². The van der Waals surface area contributed by atoms with E-state index in [4.69, 9.17) is 0 Å². The Balaban J connectivity index is -0.00000000681. The average molecular weight is 474 g/mol. The predicted molar refractivity (Wildman–Crippen MR) is 78.5 cm³/mol. The first kappa shape index (κ1) is 71.2. The monoisotopic (exact) mass is 474 g/mol. The van der Waals surface area contributed by atoms with Gasteiger partial charge in [-0.05, 0) is 0 Å². The topological polar surface area (TPSA) is 0 Å². The van der Waals surface area contributed by atoms with Gasteiger partial charge in [-0.3, -0.25) is 0 Å². The standard InChI is InChI=1S/C8H15.6CH4.3Y/c1-3-5-7-8-6-4-2;;;;;;;;;/h3,6-7H,4-5,8H2,1-2H3;6*1H4;;;/q-3;;;;;;;;;. The van der Waals surface area contributed by atoms with Crippen molar-refractivity contribution in [2.45, 2.75) is 77.7 Å². The van der Waals surface area contributed by atoms with Crippen molar-refractivity contribution in [3.63, 3.8) is 0 Å². The van der Waals surface area contributed by atoms with Crippen LogP contribution in [0, 0.1) is 19.3 Å². The molecule has 0 aromatic carbocycles. The summed E-state index contributed by atoms with van der Waals surface area (Å²) in [4.78, 5) is 0. The maximum atomic E-state index is 2.28. The third-order valence-corrected chi connectivity index (χ3v) is 1.02. The Bertz CT molecular complexity index is 36.4. The Morgan fingerprint density at radius 3 is 1.24 bits per heavy atom. The second-order valence-electron chi connectivity index (χ2n) is 1.87. The number of hydrogen-bond donors (Lipinski definition) is 0. The first-order chi connectivity index (χ1) is 3.91. The fourth-order valence-corrected chi connectivity index (χ4v) is 0.547. The Hall–Kier alpha value is 3.31. The maximum Gasteiger partial charge on any atom is 0 e. The summed E-state index contributed by atoms with van der Waals surface area (Å²) in [7, 11) is 0. The first-order valence-electron chi connectivity index (χ1n) is 3.33. The van der Waals surface area contributed by atoms with Crippen molar-refractivity contribution in [1.82, 2.24) is 0 Å². The molecule has 0 saturated carbocycles. The van der Waals surface area contributed by atoms with Gasteiger partial charge in [0.1, 0.15) is 0 Å². The minimum atomic E-state index is 0. The molecule has 0 aliphatic carbocycles. The van der Waals surface area contributed by atoms with E-state index in [9.17, 15) is 0 Å². The smallest absolute Gasteiger partial charge is 0 e. The Kier molecular flexibility index (Phi) is 313. The molecule has 0 saturated heterocycles. The van der Waals surface area contributed by atoms with Gasteiger partial charge in [-0.1, -0.05) is 51.5 Å². The molecular weight excluding hydrogens is 435 g/mol. The largest absolute Gasteiger partial charge is 0.386 e. The molecule has 0 heterocycles. The molecule has 0 aliphatic heterocycles. The summed E-state index contributed by atoms with van der Waals surface area (Å²) in [5.74, 6) is 0. The van der Waals surface area contributed by atoms with Gasteiger partial charge in [0.05, 0.1) is 0 Å². The van der Waals surface area contributed by atoms with Gasteiger partial charge in [-0.2, -0.15) is 13.3 Å². The summed E-state index contributed by atoms with van der Waals surface area (Å²) < 4.78 is 0. The van der Waals surface area contributed by atoms with Crippen LogP contribution in [0.25, 0.3) is 0 Å². The SMILES string of the molecule is C.C.C.C.C.C.C[CH-]C[CH-]C[CH-]CC.[Y].[Y].[Y]. The second-order valence-corrected chi connectivity index (χ2v) is 1.87. The zero-order chi connectivity index (χ0) is 6.24. The fourth-order valence-electron chi connectivity index (χ4n) is 0.547. The molecule has 0 bridgehead atoms. The number of unbranched alkanes of at least 4 members (excludes halogenated alkanes) is 5. The zero-order valence-electron chi connectivity index (χ0n) is 7.59.